The lowest BCUT2D eigenvalue weighted by Gasteiger charge is -2.13. The predicted octanol–water partition coefficient (Wildman–Crippen LogP) is 5.78. The van der Waals surface area contributed by atoms with Crippen LogP contribution in [-0.4, -0.2) is 25.8 Å². The molecule has 31 heavy (non-hydrogen) atoms. The van der Waals surface area contributed by atoms with Crippen molar-refractivity contribution in [2.45, 2.75) is 13.0 Å². The zero-order chi connectivity index (χ0) is 22.1. The SMILES string of the molecule is C=CC(=O)OC(C)COc1ccc(Oc2ccc(Oc3ccc(OC)cc3)cc2)cc1. The van der Waals surface area contributed by atoms with Gasteiger partial charge in [-0.15, -0.1) is 0 Å². The predicted molar refractivity (Wildman–Crippen MR) is 117 cm³/mol. The number of benzene rings is 3. The Kier molecular flexibility index (Phi) is 7.54. The fourth-order valence-electron chi connectivity index (χ4n) is 2.59. The lowest BCUT2D eigenvalue weighted by Crippen LogP contribution is -2.20. The number of carbonyl (C=O) groups excluding carboxylic acids is 1. The Hall–Kier alpha value is -3.93. The molecule has 0 spiro atoms. The second kappa shape index (κ2) is 10.7. The number of hydrogen-bond donors (Lipinski definition) is 0. The third-order valence-electron chi connectivity index (χ3n) is 4.15. The monoisotopic (exact) mass is 420 g/mol. The molecule has 1 unspecified atom stereocenters. The van der Waals surface area contributed by atoms with Gasteiger partial charge in [-0.2, -0.15) is 0 Å². The molecule has 0 bridgehead atoms. The van der Waals surface area contributed by atoms with Gasteiger partial charge in [0.05, 0.1) is 7.11 Å². The summed E-state index contributed by atoms with van der Waals surface area (Å²) in [6.07, 6.45) is 0.750. The second-order valence-corrected chi connectivity index (χ2v) is 6.59. The Morgan fingerprint density at radius 2 is 1.16 bits per heavy atom. The average Bonchev–Trinajstić information content (AvgIpc) is 2.80. The maximum Gasteiger partial charge on any atom is 0.330 e. The summed E-state index contributed by atoms with van der Waals surface area (Å²) >= 11 is 0. The van der Waals surface area contributed by atoms with E-state index in [0.29, 0.717) is 23.0 Å². The van der Waals surface area contributed by atoms with Crippen LogP contribution in [0.15, 0.2) is 85.5 Å². The zero-order valence-corrected chi connectivity index (χ0v) is 17.4. The van der Waals surface area contributed by atoms with E-state index in [0.717, 1.165) is 17.6 Å². The molecular weight excluding hydrogens is 396 g/mol. The van der Waals surface area contributed by atoms with Crippen molar-refractivity contribution in [3.05, 3.63) is 85.5 Å². The van der Waals surface area contributed by atoms with Gasteiger partial charge in [-0.05, 0) is 79.7 Å². The molecule has 0 heterocycles. The van der Waals surface area contributed by atoms with Crippen LogP contribution in [0.1, 0.15) is 6.92 Å². The molecule has 0 aromatic heterocycles. The lowest BCUT2D eigenvalue weighted by molar-refractivity contribution is -0.143. The Bertz CT molecular complexity index is 978. The number of methoxy groups -OCH3 is 1. The van der Waals surface area contributed by atoms with E-state index in [-0.39, 0.29) is 12.7 Å². The van der Waals surface area contributed by atoms with Gasteiger partial charge < -0.3 is 23.7 Å². The molecule has 160 valence electrons. The molecule has 0 aliphatic rings. The van der Waals surface area contributed by atoms with Gasteiger partial charge in [0.25, 0.3) is 0 Å². The summed E-state index contributed by atoms with van der Waals surface area (Å²) in [6, 6.07) is 21.9. The van der Waals surface area contributed by atoms with Gasteiger partial charge >= 0.3 is 5.97 Å². The fraction of sp³-hybridized carbons (Fsp3) is 0.160. The number of hydrogen-bond acceptors (Lipinski definition) is 6. The van der Waals surface area contributed by atoms with Gasteiger partial charge in [-0.3, -0.25) is 0 Å². The van der Waals surface area contributed by atoms with Gasteiger partial charge in [0, 0.05) is 6.08 Å². The first-order valence-corrected chi connectivity index (χ1v) is 9.71. The molecule has 3 aromatic carbocycles. The van der Waals surface area contributed by atoms with Crippen LogP contribution >= 0.6 is 0 Å². The fourth-order valence-corrected chi connectivity index (χ4v) is 2.59. The zero-order valence-electron chi connectivity index (χ0n) is 17.4. The molecule has 3 rings (SSSR count). The molecule has 0 aliphatic heterocycles. The number of carbonyl (C=O) groups is 1. The first-order chi connectivity index (χ1) is 15.1. The van der Waals surface area contributed by atoms with Crippen LogP contribution in [-0.2, 0) is 9.53 Å². The van der Waals surface area contributed by atoms with Gasteiger partial charge in [0.15, 0.2) is 0 Å². The Labute approximate surface area is 181 Å². The van der Waals surface area contributed by atoms with Crippen LogP contribution in [0.3, 0.4) is 0 Å². The first-order valence-electron chi connectivity index (χ1n) is 9.71. The minimum Gasteiger partial charge on any atom is -0.497 e. The van der Waals surface area contributed by atoms with Crippen molar-refractivity contribution in [3.63, 3.8) is 0 Å². The van der Waals surface area contributed by atoms with E-state index >= 15 is 0 Å². The summed E-state index contributed by atoms with van der Waals surface area (Å²) in [5.41, 5.74) is 0. The summed E-state index contributed by atoms with van der Waals surface area (Å²) in [7, 11) is 1.62. The molecule has 0 radical (unpaired) electrons. The van der Waals surface area contributed by atoms with Crippen molar-refractivity contribution >= 4 is 5.97 Å². The van der Waals surface area contributed by atoms with Crippen molar-refractivity contribution < 1.29 is 28.5 Å². The summed E-state index contributed by atoms with van der Waals surface area (Å²) in [5, 5.41) is 0. The highest BCUT2D eigenvalue weighted by molar-refractivity contribution is 5.81. The topological polar surface area (TPSA) is 63.2 Å². The quantitative estimate of drug-likeness (QED) is 0.306. The maximum absolute atomic E-state index is 11.2. The Balaban J connectivity index is 1.50. The molecule has 0 fully saturated rings. The van der Waals surface area contributed by atoms with Gasteiger partial charge in [-0.25, -0.2) is 4.79 Å². The molecule has 6 nitrogen and oxygen atoms in total. The van der Waals surface area contributed by atoms with Crippen LogP contribution in [0.25, 0.3) is 0 Å². The van der Waals surface area contributed by atoms with Gasteiger partial charge in [0.2, 0.25) is 0 Å². The van der Waals surface area contributed by atoms with E-state index in [4.69, 9.17) is 23.7 Å². The standard InChI is InChI=1S/C25H24O6/c1-4-25(26)29-18(2)17-28-20-7-11-22(12-8-20)31-24-15-13-23(14-16-24)30-21-9-5-19(27-3)6-10-21/h4-16,18H,1,17H2,2-3H3. The van der Waals surface area contributed by atoms with Gasteiger partial charge in [0.1, 0.15) is 47.2 Å². The smallest absolute Gasteiger partial charge is 0.330 e. The highest BCUT2D eigenvalue weighted by Gasteiger charge is 2.08. The van der Waals surface area contributed by atoms with E-state index in [1.54, 1.807) is 38.3 Å². The molecular formula is C25H24O6. The molecule has 3 aromatic rings. The van der Waals surface area contributed by atoms with E-state index in [2.05, 4.69) is 6.58 Å². The average molecular weight is 420 g/mol. The number of ether oxygens (including phenoxy) is 5. The van der Waals surface area contributed by atoms with Crippen molar-refractivity contribution in [3.8, 4) is 34.5 Å². The number of rotatable bonds is 10. The van der Waals surface area contributed by atoms with Crippen LogP contribution in [0.5, 0.6) is 34.5 Å². The molecule has 0 N–H and O–H groups in total. The maximum atomic E-state index is 11.2. The summed E-state index contributed by atoms with van der Waals surface area (Å²) in [4.78, 5) is 11.2. The van der Waals surface area contributed by atoms with Gasteiger partial charge in [-0.1, -0.05) is 6.58 Å². The molecule has 0 aliphatic carbocycles. The molecule has 0 saturated carbocycles. The number of esters is 1. The summed E-state index contributed by atoms with van der Waals surface area (Å²) in [5.74, 6) is 3.73. The largest absolute Gasteiger partial charge is 0.497 e. The summed E-state index contributed by atoms with van der Waals surface area (Å²) in [6.45, 7) is 5.36. The van der Waals surface area contributed by atoms with E-state index in [1.807, 2.05) is 48.5 Å². The molecule has 0 amide bonds. The first kappa shape index (κ1) is 21.8. The molecule has 1 atom stereocenters. The molecule has 0 saturated heterocycles. The van der Waals surface area contributed by atoms with Crippen molar-refractivity contribution in [2.75, 3.05) is 13.7 Å². The normalized spacial score (nSPS) is 11.2. The molecule has 6 heteroatoms. The van der Waals surface area contributed by atoms with Crippen molar-refractivity contribution in [1.82, 2.24) is 0 Å². The van der Waals surface area contributed by atoms with Crippen LogP contribution in [0, 0.1) is 0 Å². The van der Waals surface area contributed by atoms with Crippen LogP contribution in [0.2, 0.25) is 0 Å². The minimum absolute atomic E-state index is 0.245. The van der Waals surface area contributed by atoms with E-state index in [9.17, 15) is 4.79 Å². The summed E-state index contributed by atoms with van der Waals surface area (Å²) < 4.78 is 27.5. The Morgan fingerprint density at radius 1 is 0.774 bits per heavy atom. The van der Waals surface area contributed by atoms with Crippen molar-refractivity contribution in [2.24, 2.45) is 0 Å². The van der Waals surface area contributed by atoms with Crippen LogP contribution < -0.4 is 18.9 Å². The second-order valence-electron chi connectivity index (χ2n) is 6.59. The minimum atomic E-state index is -0.472. The highest BCUT2D eigenvalue weighted by atomic mass is 16.6. The Morgan fingerprint density at radius 3 is 1.55 bits per heavy atom. The third-order valence-corrected chi connectivity index (χ3v) is 4.15. The van der Waals surface area contributed by atoms with E-state index in [1.165, 1.54) is 0 Å². The van der Waals surface area contributed by atoms with E-state index < -0.39 is 5.97 Å². The van der Waals surface area contributed by atoms with Crippen LogP contribution in [0.4, 0.5) is 0 Å². The lowest BCUT2D eigenvalue weighted by atomic mass is 10.3. The van der Waals surface area contributed by atoms with Crippen molar-refractivity contribution in [1.29, 1.82) is 0 Å². The highest BCUT2D eigenvalue weighted by Crippen LogP contribution is 2.28. The third kappa shape index (κ3) is 6.82.